The second kappa shape index (κ2) is 8.58. The second-order valence-corrected chi connectivity index (χ2v) is 6.73. The van der Waals surface area contributed by atoms with Crippen LogP contribution >= 0.6 is 0 Å². The van der Waals surface area contributed by atoms with Gasteiger partial charge in [0.1, 0.15) is 5.75 Å². The zero-order valence-electron chi connectivity index (χ0n) is 15.3. The quantitative estimate of drug-likeness (QED) is 0.722. The number of carboxylic acid groups (broad SMARTS) is 1. The third-order valence-electron chi connectivity index (χ3n) is 4.96. The molecule has 27 heavy (non-hydrogen) atoms. The number of carboxylic acids is 1. The minimum atomic E-state index is -0.744. The van der Waals surface area contributed by atoms with E-state index in [-0.39, 0.29) is 17.9 Å². The van der Waals surface area contributed by atoms with Gasteiger partial charge >= 0.3 is 5.97 Å². The van der Waals surface area contributed by atoms with E-state index in [1.54, 1.807) is 13.2 Å². The van der Waals surface area contributed by atoms with Crippen molar-refractivity contribution in [2.24, 2.45) is 5.92 Å². The van der Waals surface area contributed by atoms with E-state index in [0.29, 0.717) is 42.7 Å². The topological polar surface area (TPSA) is 87.7 Å². The van der Waals surface area contributed by atoms with Crippen LogP contribution in [0.1, 0.15) is 36.0 Å². The van der Waals surface area contributed by atoms with Crippen LogP contribution in [-0.4, -0.2) is 30.1 Å². The van der Waals surface area contributed by atoms with E-state index in [2.05, 4.69) is 10.6 Å². The van der Waals surface area contributed by atoms with E-state index in [0.717, 1.165) is 5.69 Å². The maximum atomic E-state index is 12.8. The van der Waals surface area contributed by atoms with Crippen molar-refractivity contribution in [3.05, 3.63) is 54.1 Å². The first-order valence-corrected chi connectivity index (χ1v) is 9.11. The molecular formula is C21H24N2O4. The number of methoxy groups -OCH3 is 1. The van der Waals surface area contributed by atoms with Crippen molar-refractivity contribution in [2.45, 2.75) is 31.7 Å². The smallest absolute Gasteiger partial charge is 0.306 e. The first-order chi connectivity index (χ1) is 13.1. The fraction of sp³-hybridized carbons (Fsp3) is 0.333. The van der Waals surface area contributed by atoms with Gasteiger partial charge < -0.3 is 20.5 Å². The molecule has 2 aromatic carbocycles. The lowest BCUT2D eigenvalue weighted by Gasteiger charge is -2.27. The normalized spacial score (nSPS) is 19.1. The number of carbonyl (C=O) groups excluding carboxylic acids is 1. The summed E-state index contributed by atoms with van der Waals surface area (Å²) in [6, 6.07) is 14.8. The lowest BCUT2D eigenvalue weighted by atomic mass is 9.86. The number of anilines is 2. The summed E-state index contributed by atoms with van der Waals surface area (Å²) < 4.78 is 5.36. The predicted molar refractivity (Wildman–Crippen MR) is 104 cm³/mol. The molecule has 0 atom stereocenters. The highest BCUT2D eigenvalue weighted by Gasteiger charge is 2.27. The Morgan fingerprint density at radius 2 is 1.59 bits per heavy atom. The Morgan fingerprint density at radius 1 is 0.963 bits per heavy atom. The zero-order chi connectivity index (χ0) is 19.2. The molecule has 1 saturated carbocycles. The van der Waals surface area contributed by atoms with E-state index in [1.165, 1.54) is 0 Å². The molecule has 2 aromatic rings. The number of para-hydroxylation sites is 3. The minimum Gasteiger partial charge on any atom is -0.495 e. The van der Waals surface area contributed by atoms with Crippen LogP contribution in [0.2, 0.25) is 0 Å². The monoisotopic (exact) mass is 368 g/mol. The lowest BCUT2D eigenvalue weighted by Crippen LogP contribution is -2.38. The number of amides is 1. The Labute approximate surface area is 158 Å². The molecule has 1 aliphatic carbocycles. The van der Waals surface area contributed by atoms with Crippen molar-refractivity contribution in [1.29, 1.82) is 0 Å². The van der Waals surface area contributed by atoms with Crippen LogP contribution in [0.5, 0.6) is 5.75 Å². The maximum absolute atomic E-state index is 12.8. The fourth-order valence-corrected chi connectivity index (χ4v) is 3.43. The number of hydrogen-bond acceptors (Lipinski definition) is 4. The van der Waals surface area contributed by atoms with Gasteiger partial charge in [-0.2, -0.15) is 0 Å². The molecule has 3 N–H and O–H groups in total. The van der Waals surface area contributed by atoms with Crippen LogP contribution in [0.3, 0.4) is 0 Å². The number of hydrogen-bond donors (Lipinski definition) is 3. The standard InChI is InChI=1S/C21H24N2O4/c1-27-19-9-5-4-8-18(19)23-17-7-3-2-6-16(17)20(24)22-15-12-10-14(11-13-15)21(25)26/h2-9,14-15,23H,10-13H2,1H3,(H,22,24)(H,25,26). The average Bonchev–Trinajstić information content (AvgIpc) is 2.69. The first kappa shape index (κ1) is 18.8. The Morgan fingerprint density at radius 3 is 2.26 bits per heavy atom. The highest BCUT2D eigenvalue weighted by Crippen LogP contribution is 2.29. The molecule has 1 amide bonds. The van der Waals surface area contributed by atoms with Gasteiger partial charge in [0.2, 0.25) is 0 Å². The third kappa shape index (κ3) is 4.58. The lowest BCUT2D eigenvalue weighted by molar-refractivity contribution is -0.142. The number of nitrogens with one attached hydrogen (secondary N) is 2. The van der Waals surface area contributed by atoms with E-state index >= 15 is 0 Å². The number of ether oxygens (including phenoxy) is 1. The minimum absolute atomic E-state index is 0.00687. The summed E-state index contributed by atoms with van der Waals surface area (Å²) in [4.78, 5) is 23.9. The summed E-state index contributed by atoms with van der Waals surface area (Å²) in [5.74, 6) is -0.504. The highest BCUT2D eigenvalue weighted by molar-refractivity contribution is 6.00. The Bertz CT molecular complexity index is 813. The van der Waals surface area contributed by atoms with Crippen molar-refractivity contribution < 1.29 is 19.4 Å². The van der Waals surface area contributed by atoms with Gasteiger partial charge in [0.15, 0.2) is 0 Å². The van der Waals surface area contributed by atoms with Crippen molar-refractivity contribution in [2.75, 3.05) is 12.4 Å². The van der Waals surface area contributed by atoms with Gasteiger partial charge in [-0.15, -0.1) is 0 Å². The molecule has 0 unspecified atom stereocenters. The van der Waals surface area contributed by atoms with E-state index in [4.69, 9.17) is 9.84 Å². The largest absolute Gasteiger partial charge is 0.495 e. The first-order valence-electron chi connectivity index (χ1n) is 9.11. The Balaban J connectivity index is 1.70. The van der Waals surface area contributed by atoms with Crippen LogP contribution in [0, 0.1) is 5.92 Å². The predicted octanol–water partition coefficient (Wildman–Crippen LogP) is 3.81. The molecular weight excluding hydrogens is 344 g/mol. The Hall–Kier alpha value is -3.02. The van der Waals surface area contributed by atoms with Crippen LogP contribution in [0.25, 0.3) is 0 Å². The molecule has 0 aliphatic heterocycles. The molecule has 6 nitrogen and oxygen atoms in total. The van der Waals surface area contributed by atoms with Gasteiger partial charge in [-0.05, 0) is 49.9 Å². The van der Waals surface area contributed by atoms with Gasteiger partial charge in [0.05, 0.1) is 30.0 Å². The fourth-order valence-electron chi connectivity index (χ4n) is 3.43. The molecule has 1 fully saturated rings. The van der Waals surface area contributed by atoms with E-state index in [9.17, 15) is 9.59 Å². The highest BCUT2D eigenvalue weighted by atomic mass is 16.5. The van der Waals surface area contributed by atoms with Crippen LogP contribution in [-0.2, 0) is 4.79 Å². The molecule has 0 spiro atoms. The molecule has 1 aliphatic rings. The molecule has 0 aromatic heterocycles. The third-order valence-corrected chi connectivity index (χ3v) is 4.96. The van der Waals surface area contributed by atoms with Gasteiger partial charge in [0, 0.05) is 6.04 Å². The van der Waals surface area contributed by atoms with Gasteiger partial charge in [-0.1, -0.05) is 24.3 Å². The summed E-state index contributed by atoms with van der Waals surface area (Å²) in [6.45, 7) is 0. The zero-order valence-corrected chi connectivity index (χ0v) is 15.3. The Kier molecular flexibility index (Phi) is 5.96. The molecule has 3 rings (SSSR count). The summed E-state index contributed by atoms with van der Waals surface area (Å²) >= 11 is 0. The van der Waals surface area contributed by atoms with Gasteiger partial charge in [0.25, 0.3) is 5.91 Å². The maximum Gasteiger partial charge on any atom is 0.306 e. The van der Waals surface area contributed by atoms with Crippen LogP contribution < -0.4 is 15.4 Å². The summed E-state index contributed by atoms with van der Waals surface area (Å²) in [5, 5.41) is 15.4. The number of carbonyl (C=O) groups is 2. The van der Waals surface area contributed by atoms with Crippen molar-refractivity contribution >= 4 is 23.3 Å². The molecule has 0 radical (unpaired) electrons. The SMILES string of the molecule is COc1ccccc1Nc1ccccc1C(=O)NC1CCC(C(=O)O)CC1. The van der Waals surface area contributed by atoms with Crippen LogP contribution in [0.15, 0.2) is 48.5 Å². The number of aliphatic carboxylic acids is 1. The summed E-state index contributed by atoms with van der Waals surface area (Å²) in [5.41, 5.74) is 2.02. The molecule has 0 bridgehead atoms. The van der Waals surface area contributed by atoms with Gasteiger partial charge in [-0.3, -0.25) is 9.59 Å². The molecule has 0 heterocycles. The summed E-state index contributed by atoms with van der Waals surface area (Å²) in [7, 11) is 1.60. The van der Waals surface area contributed by atoms with Crippen LogP contribution in [0.4, 0.5) is 11.4 Å². The molecule has 6 heteroatoms. The number of rotatable bonds is 6. The molecule has 0 saturated heterocycles. The van der Waals surface area contributed by atoms with Crippen molar-refractivity contribution in [3.8, 4) is 5.75 Å². The average molecular weight is 368 g/mol. The van der Waals surface area contributed by atoms with Gasteiger partial charge in [-0.25, -0.2) is 0 Å². The van der Waals surface area contributed by atoms with E-state index in [1.807, 2.05) is 42.5 Å². The van der Waals surface area contributed by atoms with Crippen molar-refractivity contribution in [1.82, 2.24) is 5.32 Å². The van der Waals surface area contributed by atoms with Crippen molar-refractivity contribution in [3.63, 3.8) is 0 Å². The second-order valence-electron chi connectivity index (χ2n) is 6.73. The van der Waals surface area contributed by atoms with E-state index < -0.39 is 5.97 Å². The number of benzene rings is 2. The summed E-state index contributed by atoms with van der Waals surface area (Å²) in [6.07, 6.45) is 2.57. The molecule has 142 valence electrons.